The number of amides is 1. The van der Waals surface area contributed by atoms with Crippen LogP contribution in [0.5, 0.6) is 0 Å². The van der Waals surface area contributed by atoms with E-state index in [1.54, 1.807) is 35.4 Å². The summed E-state index contributed by atoms with van der Waals surface area (Å²) < 4.78 is 1.60. The third-order valence-electron chi connectivity index (χ3n) is 3.51. The number of nitrogens with one attached hydrogen (secondary N) is 2. The van der Waals surface area contributed by atoms with E-state index in [-0.39, 0.29) is 5.91 Å². The van der Waals surface area contributed by atoms with Crippen LogP contribution in [0.2, 0.25) is 5.02 Å². The number of fused-ring (bicyclic) bond motifs is 1. The first-order valence-corrected chi connectivity index (χ1v) is 7.49. The molecule has 3 heterocycles. The Hall–Kier alpha value is -3.19. The van der Waals surface area contributed by atoms with E-state index in [0.717, 1.165) is 5.69 Å². The van der Waals surface area contributed by atoms with Crippen molar-refractivity contribution in [2.75, 3.05) is 5.32 Å². The lowest BCUT2D eigenvalue weighted by Gasteiger charge is -2.04. The lowest BCUT2D eigenvalue weighted by molar-refractivity contribution is 0.102. The Morgan fingerprint density at radius 2 is 2.08 bits per heavy atom. The maximum absolute atomic E-state index is 12.5. The molecule has 0 bridgehead atoms. The smallest absolute Gasteiger partial charge is 0.275 e. The van der Waals surface area contributed by atoms with Crippen LogP contribution in [0.3, 0.4) is 0 Å². The second kappa shape index (κ2) is 5.78. The summed E-state index contributed by atoms with van der Waals surface area (Å²) in [5.74, 6) is -0.333. The largest absolute Gasteiger partial charge is 0.346 e. The normalized spacial score (nSPS) is 10.9. The molecule has 118 valence electrons. The summed E-state index contributed by atoms with van der Waals surface area (Å²) in [5.41, 5.74) is 2.19. The van der Waals surface area contributed by atoms with Gasteiger partial charge in [0.15, 0.2) is 0 Å². The van der Waals surface area contributed by atoms with Crippen LogP contribution < -0.4 is 5.32 Å². The molecule has 3 aromatic heterocycles. The molecule has 0 atom stereocenters. The van der Waals surface area contributed by atoms with Gasteiger partial charge in [-0.25, -0.2) is 14.6 Å². The van der Waals surface area contributed by atoms with E-state index >= 15 is 0 Å². The van der Waals surface area contributed by atoms with Crippen molar-refractivity contribution in [2.24, 2.45) is 0 Å². The number of carbonyl (C=O) groups is 1. The van der Waals surface area contributed by atoms with Gasteiger partial charge in [0.25, 0.3) is 5.91 Å². The van der Waals surface area contributed by atoms with Crippen LogP contribution in [0, 0.1) is 0 Å². The standard InChI is InChI=1S/C16H11ClN6O/c17-12-3-1-2-4-13(12)23-8-10(7-21-23)22-16(24)14-11-5-6-18-15(11)20-9-19-14/h1-9H,(H,22,24)(H,18,19,20). The molecule has 24 heavy (non-hydrogen) atoms. The molecular weight excluding hydrogens is 328 g/mol. The molecule has 0 saturated heterocycles. The van der Waals surface area contributed by atoms with Crippen LogP contribution in [0.25, 0.3) is 16.7 Å². The van der Waals surface area contributed by atoms with Gasteiger partial charge >= 0.3 is 0 Å². The summed E-state index contributed by atoms with van der Waals surface area (Å²) in [5, 5.41) is 8.24. The molecule has 4 rings (SSSR count). The summed E-state index contributed by atoms with van der Waals surface area (Å²) in [6, 6.07) is 9.09. The number of aromatic nitrogens is 5. The molecular formula is C16H11ClN6O. The molecule has 8 heteroatoms. The van der Waals surface area contributed by atoms with Crippen LogP contribution in [-0.4, -0.2) is 30.6 Å². The topological polar surface area (TPSA) is 88.5 Å². The Labute approximate surface area is 141 Å². The summed E-state index contributed by atoms with van der Waals surface area (Å²) in [4.78, 5) is 23.5. The Morgan fingerprint density at radius 1 is 1.21 bits per heavy atom. The molecule has 0 aliphatic carbocycles. The second-order valence-electron chi connectivity index (χ2n) is 5.04. The van der Waals surface area contributed by atoms with Crippen molar-refractivity contribution < 1.29 is 4.79 Å². The van der Waals surface area contributed by atoms with Gasteiger partial charge in [-0.15, -0.1) is 0 Å². The predicted octanol–water partition coefficient (Wildman–Crippen LogP) is 3.05. The number of nitrogens with zero attached hydrogens (tertiary/aromatic N) is 4. The Bertz CT molecular complexity index is 1040. The molecule has 0 radical (unpaired) electrons. The van der Waals surface area contributed by atoms with E-state index in [1.807, 2.05) is 18.2 Å². The number of anilines is 1. The number of para-hydroxylation sites is 1. The average Bonchev–Trinajstić information content (AvgIpc) is 3.24. The minimum absolute atomic E-state index is 0.298. The first kappa shape index (κ1) is 14.4. The zero-order chi connectivity index (χ0) is 16.5. The number of benzene rings is 1. The van der Waals surface area contributed by atoms with Crippen LogP contribution >= 0.6 is 11.6 Å². The van der Waals surface area contributed by atoms with Crippen molar-refractivity contribution in [3.8, 4) is 5.69 Å². The highest BCUT2D eigenvalue weighted by molar-refractivity contribution is 6.32. The maximum atomic E-state index is 12.5. The number of rotatable bonds is 3. The van der Waals surface area contributed by atoms with Gasteiger partial charge in [-0.1, -0.05) is 23.7 Å². The zero-order valence-corrected chi connectivity index (χ0v) is 13.0. The van der Waals surface area contributed by atoms with Gasteiger partial charge in [0.2, 0.25) is 0 Å². The minimum Gasteiger partial charge on any atom is -0.346 e. The minimum atomic E-state index is -0.333. The molecule has 0 saturated carbocycles. The molecule has 4 aromatic rings. The van der Waals surface area contributed by atoms with Gasteiger partial charge in [0.05, 0.1) is 34.2 Å². The third-order valence-corrected chi connectivity index (χ3v) is 3.83. The van der Waals surface area contributed by atoms with E-state index in [9.17, 15) is 4.79 Å². The van der Waals surface area contributed by atoms with Crippen molar-refractivity contribution in [3.05, 3.63) is 66.0 Å². The summed E-state index contributed by atoms with van der Waals surface area (Å²) in [7, 11) is 0. The molecule has 7 nitrogen and oxygen atoms in total. The first-order valence-electron chi connectivity index (χ1n) is 7.11. The van der Waals surface area contributed by atoms with E-state index in [0.29, 0.717) is 27.4 Å². The fraction of sp³-hybridized carbons (Fsp3) is 0. The van der Waals surface area contributed by atoms with E-state index in [1.165, 1.54) is 6.33 Å². The van der Waals surface area contributed by atoms with Gasteiger partial charge in [0.1, 0.15) is 17.7 Å². The Morgan fingerprint density at radius 3 is 2.96 bits per heavy atom. The van der Waals surface area contributed by atoms with Crippen LogP contribution in [-0.2, 0) is 0 Å². The fourth-order valence-electron chi connectivity index (χ4n) is 2.40. The molecule has 0 aliphatic rings. The monoisotopic (exact) mass is 338 g/mol. The summed E-state index contributed by atoms with van der Waals surface area (Å²) in [6.07, 6.45) is 6.30. The number of hydrogen-bond donors (Lipinski definition) is 2. The molecule has 1 amide bonds. The highest BCUT2D eigenvalue weighted by Gasteiger charge is 2.14. The molecule has 1 aromatic carbocycles. The SMILES string of the molecule is O=C(Nc1cnn(-c2ccccc2Cl)c1)c1ncnc2[nH]ccc12. The average molecular weight is 339 g/mol. The summed E-state index contributed by atoms with van der Waals surface area (Å²) >= 11 is 6.15. The number of carbonyl (C=O) groups excluding carboxylic acids is 1. The van der Waals surface area contributed by atoms with Gasteiger partial charge < -0.3 is 10.3 Å². The lowest BCUT2D eigenvalue weighted by Crippen LogP contribution is -2.13. The number of halogens is 1. The van der Waals surface area contributed by atoms with E-state index in [4.69, 9.17) is 11.6 Å². The Kier molecular flexibility index (Phi) is 3.47. The molecule has 0 unspecified atom stereocenters. The summed E-state index contributed by atoms with van der Waals surface area (Å²) in [6.45, 7) is 0. The number of aromatic amines is 1. The van der Waals surface area contributed by atoms with Crippen LogP contribution in [0.4, 0.5) is 5.69 Å². The van der Waals surface area contributed by atoms with Crippen molar-refractivity contribution in [2.45, 2.75) is 0 Å². The lowest BCUT2D eigenvalue weighted by atomic mass is 10.2. The predicted molar refractivity (Wildman–Crippen MR) is 90.4 cm³/mol. The van der Waals surface area contributed by atoms with Crippen molar-refractivity contribution >= 4 is 34.2 Å². The Balaban J connectivity index is 1.61. The van der Waals surface area contributed by atoms with Gasteiger partial charge in [0, 0.05) is 6.20 Å². The zero-order valence-electron chi connectivity index (χ0n) is 12.3. The number of H-pyrrole nitrogens is 1. The highest BCUT2D eigenvalue weighted by atomic mass is 35.5. The molecule has 0 fully saturated rings. The first-order chi connectivity index (χ1) is 11.7. The van der Waals surface area contributed by atoms with E-state index < -0.39 is 0 Å². The fourth-order valence-corrected chi connectivity index (χ4v) is 2.62. The second-order valence-corrected chi connectivity index (χ2v) is 5.45. The van der Waals surface area contributed by atoms with Gasteiger partial charge in [-0.05, 0) is 18.2 Å². The molecule has 0 spiro atoms. The molecule has 2 N–H and O–H groups in total. The third kappa shape index (κ3) is 2.50. The highest BCUT2D eigenvalue weighted by Crippen LogP contribution is 2.21. The molecule has 0 aliphatic heterocycles. The van der Waals surface area contributed by atoms with Crippen LogP contribution in [0.15, 0.2) is 55.2 Å². The maximum Gasteiger partial charge on any atom is 0.275 e. The van der Waals surface area contributed by atoms with Crippen molar-refractivity contribution in [1.29, 1.82) is 0 Å². The van der Waals surface area contributed by atoms with Crippen molar-refractivity contribution in [3.63, 3.8) is 0 Å². The van der Waals surface area contributed by atoms with Gasteiger partial charge in [-0.2, -0.15) is 5.10 Å². The quantitative estimate of drug-likeness (QED) is 0.601. The van der Waals surface area contributed by atoms with E-state index in [2.05, 4.69) is 25.4 Å². The number of hydrogen-bond acceptors (Lipinski definition) is 4. The van der Waals surface area contributed by atoms with Crippen molar-refractivity contribution in [1.82, 2.24) is 24.7 Å². The van der Waals surface area contributed by atoms with Gasteiger partial charge in [-0.3, -0.25) is 4.79 Å². The van der Waals surface area contributed by atoms with Crippen LogP contribution in [0.1, 0.15) is 10.5 Å².